The van der Waals surface area contributed by atoms with E-state index in [1.807, 2.05) is 0 Å². The summed E-state index contributed by atoms with van der Waals surface area (Å²) in [7, 11) is -9.24. The fourth-order valence-corrected chi connectivity index (χ4v) is 2.33. The first kappa shape index (κ1) is 27.7. The number of hydrogen-bond donors (Lipinski definition) is 0. The second-order valence-electron chi connectivity index (χ2n) is 4.90. The van der Waals surface area contributed by atoms with E-state index in [1.165, 1.54) is 0 Å². The van der Waals surface area contributed by atoms with E-state index in [2.05, 4.69) is 0 Å². The lowest BCUT2D eigenvalue weighted by Gasteiger charge is -2.43. The van der Waals surface area contributed by atoms with Gasteiger partial charge in [0.25, 0.3) is 0 Å². The van der Waals surface area contributed by atoms with Crippen LogP contribution in [-0.4, -0.2) is 55.4 Å². The Bertz CT molecular complexity index is 728. The first-order valence-electron chi connectivity index (χ1n) is 5.65. The summed E-state index contributed by atoms with van der Waals surface area (Å²) in [5, 5.41) is -8.98. The van der Waals surface area contributed by atoms with Crippen molar-refractivity contribution in [1.29, 1.82) is 0 Å². The molecular formula is C8F18O2S. The summed E-state index contributed by atoms with van der Waals surface area (Å²) >= 11 is 0. The molecule has 0 spiro atoms. The minimum atomic E-state index is -9.24. The summed E-state index contributed by atoms with van der Waals surface area (Å²) < 4.78 is 247. The molecule has 1 atom stereocenters. The summed E-state index contributed by atoms with van der Waals surface area (Å²) in [4.78, 5) is 0. The van der Waals surface area contributed by atoms with Crippen LogP contribution >= 0.6 is 0 Å². The van der Waals surface area contributed by atoms with Gasteiger partial charge in [0.1, 0.15) is 0 Å². The summed E-state index contributed by atoms with van der Waals surface area (Å²) in [6, 6.07) is 0. The first-order chi connectivity index (χ1) is 12.0. The van der Waals surface area contributed by atoms with Gasteiger partial charge in [0.05, 0.1) is 0 Å². The predicted octanol–water partition coefficient (Wildman–Crippen LogP) is 5.25. The standard InChI is InChI=1S/C8F18O2S/c9-1(10,4(15,16)7(20,21)22)2(11,12)6(19,29(26,27)28)3(13,14)5(17,18)8(23,24)25. The molecule has 0 saturated carbocycles. The molecule has 0 radical (unpaired) electrons. The molecule has 0 aromatic rings. The fraction of sp³-hybridized carbons (Fsp3) is 1.00. The zero-order valence-electron chi connectivity index (χ0n) is 12.0. The lowest BCUT2D eigenvalue weighted by Crippen LogP contribution is -2.77. The highest BCUT2D eigenvalue weighted by Gasteiger charge is 2.98. The van der Waals surface area contributed by atoms with Gasteiger partial charge in [-0.15, -0.1) is 3.89 Å². The van der Waals surface area contributed by atoms with Gasteiger partial charge in [-0.25, -0.2) is 4.39 Å². The van der Waals surface area contributed by atoms with Crippen molar-refractivity contribution in [2.24, 2.45) is 0 Å². The number of alkyl halides is 17. The maximum absolute atomic E-state index is 13.7. The third-order valence-electron chi connectivity index (χ3n) is 3.04. The molecule has 21 heteroatoms. The molecule has 176 valence electrons. The van der Waals surface area contributed by atoms with Gasteiger partial charge in [-0.3, -0.25) is 0 Å². The van der Waals surface area contributed by atoms with Gasteiger partial charge >= 0.3 is 57.2 Å². The van der Waals surface area contributed by atoms with Crippen LogP contribution in [0.5, 0.6) is 0 Å². The van der Waals surface area contributed by atoms with E-state index in [9.17, 15) is 86.9 Å². The zero-order valence-corrected chi connectivity index (χ0v) is 12.8. The van der Waals surface area contributed by atoms with Crippen molar-refractivity contribution in [3.63, 3.8) is 0 Å². The van der Waals surface area contributed by atoms with E-state index in [-0.39, 0.29) is 0 Å². The smallest absolute Gasteiger partial charge is 0.209 e. The van der Waals surface area contributed by atoms with Crippen LogP contribution in [0.3, 0.4) is 0 Å². The molecule has 2 nitrogen and oxygen atoms in total. The van der Waals surface area contributed by atoms with Crippen molar-refractivity contribution in [3.05, 3.63) is 0 Å². The molecule has 29 heavy (non-hydrogen) atoms. The SMILES string of the molecule is O=S(=O)(F)C(F)(C(F)(F)C(F)(F)C(F)(F)F)C(F)(F)C(F)(F)C(F)(F)C(F)(F)F. The van der Waals surface area contributed by atoms with Crippen molar-refractivity contribution in [2.45, 2.75) is 47.0 Å². The molecule has 0 aliphatic rings. The summed E-state index contributed by atoms with van der Waals surface area (Å²) in [6.07, 6.45) is -16.0. The second-order valence-corrected chi connectivity index (χ2v) is 6.34. The van der Waals surface area contributed by atoms with Gasteiger partial charge in [0, 0.05) is 0 Å². The van der Waals surface area contributed by atoms with Crippen molar-refractivity contribution >= 4 is 10.2 Å². The van der Waals surface area contributed by atoms with Gasteiger partial charge in [-0.1, -0.05) is 0 Å². The maximum atomic E-state index is 13.7. The van der Waals surface area contributed by atoms with Crippen molar-refractivity contribution in [3.8, 4) is 0 Å². The molecule has 0 aromatic carbocycles. The fourth-order valence-electron chi connectivity index (χ4n) is 1.46. The molecule has 0 saturated heterocycles. The third kappa shape index (κ3) is 3.26. The molecule has 1 unspecified atom stereocenters. The highest BCUT2D eigenvalue weighted by molar-refractivity contribution is 7.87. The van der Waals surface area contributed by atoms with Gasteiger partial charge in [-0.2, -0.15) is 78.7 Å². The van der Waals surface area contributed by atoms with Crippen molar-refractivity contribution < 1.29 is 86.9 Å². The van der Waals surface area contributed by atoms with Crippen LogP contribution < -0.4 is 0 Å². The minimum Gasteiger partial charge on any atom is -0.209 e. The Morgan fingerprint density at radius 3 is 0.793 bits per heavy atom. The normalized spacial score (nSPS) is 18.6. The van der Waals surface area contributed by atoms with Crippen LogP contribution in [0.15, 0.2) is 0 Å². The first-order valence-corrected chi connectivity index (χ1v) is 7.04. The lowest BCUT2D eigenvalue weighted by atomic mass is 9.92. The van der Waals surface area contributed by atoms with E-state index in [0.717, 1.165) is 0 Å². The highest BCUT2D eigenvalue weighted by Crippen LogP contribution is 2.65. The Kier molecular flexibility index (Phi) is 6.06. The molecule has 0 bridgehead atoms. The summed E-state index contributed by atoms with van der Waals surface area (Å²) in [6.45, 7) is 0. The minimum absolute atomic E-state index is 7.98. The lowest BCUT2D eigenvalue weighted by molar-refractivity contribution is -0.434. The molecule has 0 aliphatic heterocycles. The Morgan fingerprint density at radius 1 is 0.379 bits per heavy atom. The Balaban J connectivity index is 7.40. The molecule has 0 aliphatic carbocycles. The monoisotopic (exact) mass is 502 g/mol. The summed E-state index contributed by atoms with van der Waals surface area (Å²) in [5.74, 6) is -43.8. The van der Waals surface area contributed by atoms with E-state index in [0.29, 0.717) is 0 Å². The third-order valence-corrected chi connectivity index (χ3v) is 4.22. The molecule has 0 aromatic heterocycles. The predicted molar refractivity (Wildman–Crippen MR) is 50.7 cm³/mol. The summed E-state index contributed by atoms with van der Waals surface area (Å²) in [5.41, 5.74) is 0. The average molecular weight is 502 g/mol. The van der Waals surface area contributed by atoms with E-state index >= 15 is 0 Å². The number of rotatable bonds is 6. The molecule has 0 fully saturated rings. The Morgan fingerprint density at radius 2 is 0.586 bits per heavy atom. The van der Waals surface area contributed by atoms with Gasteiger partial charge in [0.15, 0.2) is 0 Å². The largest absolute Gasteiger partial charge is 0.460 e. The van der Waals surface area contributed by atoms with Crippen LogP contribution in [-0.2, 0) is 10.2 Å². The molecular weight excluding hydrogens is 502 g/mol. The van der Waals surface area contributed by atoms with Crippen LogP contribution in [0.2, 0.25) is 0 Å². The van der Waals surface area contributed by atoms with Crippen LogP contribution in [0.25, 0.3) is 0 Å². The number of halogens is 18. The van der Waals surface area contributed by atoms with Crippen LogP contribution in [0.4, 0.5) is 78.5 Å². The van der Waals surface area contributed by atoms with Crippen LogP contribution in [0, 0.1) is 0 Å². The second kappa shape index (κ2) is 6.34. The van der Waals surface area contributed by atoms with Gasteiger partial charge in [-0.05, 0) is 0 Å². The molecule has 0 heterocycles. The molecule has 0 amide bonds. The zero-order chi connectivity index (χ0) is 24.5. The topological polar surface area (TPSA) is 34.1 Å². The average Bonchev–Trinajstić information content (AvgIpc) is 2.41. The maximum Gasteiger partial charge on any atom is 0.460 e. The number of hydrogen-bond acceptors (Lipinski definition) is 2. The van der Waals surface area contributed by atoms with Crippen molar-refractivity contribution in [1.82, 2.24) is 0 Å². The quantitative estimate of drug-likeness (QED) is 0.368. The van der Waals surface area contributed by atoms with Crippen LogP contribution in [0.1, 0.15) is 0 Å². The van der Waals surface area contributed by atoms with E-state index in [4.69, 9.17) is 0 Å². The molecule has 0 N–H and O–H groups in total. The Labute approximate surface area is 145 Å². The van der Waals surface area contributed by atoms with E-state index in [1.54, 1.807) is 0 Å². The van der Waals surface area contributed by atoms with Gasteiger partial charge < -0.3 is 0 Å². The van der Waals surface area contributed by atoms with E-state index < -0.39 is 57.2 Å². The van der Waals surface area contributed by atoms with Crippen molar-refractivity contribution in [2.75, 3.05) is 0 Å². The highest BCUT2D eigenvalue weighted by atomic mass is 32.3. The molecule has 0 rings (SSSR count). The van der Waals surface area contributed by atoms with Gasteiger partial charge in [0.2, 0.25) is 0 Å². The Hall–Kier alpha value is -1.31.